The largest absolute Gasteiger partial charge is 0.342 e. The first kappa shape index (κ1) is 10.8. The molecule has 0 unspecified atom stereocenters. The lowest BCUT2D eigenvalue weighted by Gasteiger charge is -2.39. The normalized spacial score (nSPS) is 28.1. The minimum Gasteiger partial charge on any atom is -0.342 e. The quantitative estimate of drug-likeness (QED) is 0.520. The van der Waals surface area contributed by atoms with Gasteiger partial charge in [-0.3, -0.25) is 10.1 Å². The summed E-state index contributed by atoms with van der Waals surface area (Å²) in [6, 6.07) is 0. The molecule has 0 radical (unpaired) electrons. The van der Waals surface area contributed by atoms with Crippen LogP contribution in [-0.2, 0) is 9.47 Å². The minimum atomic E-state index is -1.02. The van der Waals surface area contributed by atoms with Gasteiger partial charge in [-0.15, -0.1) is 0 Å². The Hall–Kier alpha value is -0.680. The molecule has 0 amide bonds. The lowest BCUT2D eigenvalue weighted by Crippen LogP contribution is -2.56. The highest BCUT2D eigenvalue weighted by molar-refractivity contribution is 4.88. The van der Waals surface area contributed by atoms with Crippen LogP contribution in [0.15, 0.2) is 0 Å². The van der Waals surface area contributed by atoms with Crippen molar-refractivity contribution in [3.05, 3.63) is 10.1 Å². The van der Waals surface area contributed by atoms with E-state index in [0.717, 1.165) is 25.7 Å². The molecule has 1 aliphatic heterocycles. The zero-order chi connectivity index (χ0) is 10.9. The van der Waals surface area contributed by atoms with Crippen molar-refractivity contribution >= 4 is 0 Å². The van der Waals surface area contributed by atoms with Crippen molar-refractivity contribution < 1.29 is 14.4 Å². The van der Waals surface area contributed by atoms with Crippen LogP contribution >= 0.6 is 0 Å². The third kappa shape index (κ3) is 1.74. The van der Waals surface area contributed by atoms with E-state index in [0.29, 0.717) is 6.42 Å². The fourth-order valence-electron chi connectivity index (χ4n) is 2.26. The molecule has 1 saturated carbocycles. The van der Waals surface area contributed by atoms with Crippen molar-refractivity contribution in [1.82, 2.24) is 0 Å². The van der Waals surface area contributed by atoms with Crippen molar-refractivity contribution in [2.24, 2.45) is 0 Å². The van der Waals surface area contributed by atoms with Crippen molar-refractivity contribution in [3.63, 3.8) is 0 Å². The molecular weight excluding hydrogens is 198 g/mol. The monoisotopic (exact) mass is 215 g/mol. The zero-order valence-electron chi connectivity index (χ0n) is 9.03. The van der Waals surface area contributed by atoms with Gasteiger partial charge < -0.3 is 9.47 Å². The summed E-state index contributed by atoms with van der Waals surface area (Å²) in [6.07, 6.45) is 4.40. The molecular formula is C10H17NO4. The maximum absolute atomic E-state index is 11.0. The van der Waals surface area contributed by atoms with Crippen molar-refractivity contribution in [2.75, 3.05) is 13.2 Å². The Morgan fingerprint density at radius 1 is 1.27 bits per heavy atom. The fraction of sp³-hybridized carbons (Fsp3) is 1.00. The first-order valence-corrected chi connectivity index (χ1v) is 5.55. The van der Waals surface area contributed by atoms with Gasteiger partial charge in [-0.1, -0.05) is 6.92 Å². The average molecular weight is 215 g/mol. The third-order valence-electron chi connectivity index (χ3n) is 3.62. The number of hydrogen-bond acceptors (Lipinski definition) is 4. The fourth-order valence-corrected chi connectivity index (χ4v) is 2.26. The van der Waals surface area contributed by atoms with E-state index in [1.165, 1.54) is 0 Å². The molecule has 2 aliphatic rings. The molecule has 2 fully saturated rings. The Morgan fingerprint density at radius 3 is 2.20 bits per heavy atom. The first-order chi connectivity index (χ1) is 7.13. The van der Waals surface area contributed by atoms with Gasteiger partial charge in [0.05, 0.1) is 0 Å². The van der Waals surface area contributed by atoms with E-state index in [-0.39, 0.29) is 18.1 Å². The van der Waals surface area contributed by atoms with Gasteiger partial charge >= 0.3 is 0 Å². The van der Waals surface area contributed by atoms with Crippen LogP contribution in [0.2, 0.25) is 0 Å². The van der Waals surface area contributed by atoms with E-state index in [2.05, 4.69) is 0 Å². The molecule has 0 aromatic carbocycles. The average Bonchev–Trinajstić information content (AvgIpc) is 2.68. The molecule has 5 nitrogen and oxygen atoms in total. The highest BCUT2D eigenvalue weighted by Gasteiger charge is 2.52. The molecule has 1 heterocycles. The van der Waals surface area contributed by atoms with E-state index in [9.17, 15) is 10.1 Å². The predicted octanol–water partition coefficient (Wildman–Crippen LogP) is 1.73. The summed E-state index contributed by atoms with van der Waals surface area (Å²) in [4.78, 5) is 10.7. The van der Waals surface area contributed by atoms with E-state index in [4.69, 9.17) is 9.47 Å². The molecule has 0 bridgehead atoms. The number of rotatable bonds is 2. The molecule has 1 spiro atoms. The van der Waals surface area contributed by atoms with Gasteiger partial charge in [0, 0.05) is 24.2 Å². The molecule has 1 aliphatic carbocycles. The van der Waals surface area contributed by atoms with Crippen molar-refractivity contribution in [3.8, 4) is 0 Å². The van der Waals surface area contributed by atoms with Crippen LogP contribution in [0.5, 0.6) is 0 Å². The van der Waals surface area contributed by atoms with E-state index >= 15 is 0 Å². The summed E-state index contributed by atoms with van der Waals surface area (Å²) in [5, 5.41) is 11.0. The van der Waals surface area contributed by atoms with Crippen molar-refractivity contribution in [2.45, 2.75) is 50.4 Å². The topological polar surface area (TPSA) is 61.6 Å². The SMILES string of the molecule is CCC1([N+](=O)[O-])COC2(CCCC2)OC1. The lowest BCUT2D eigenvalue weighted by molar-refractivity contribution is -0.597. The predicted molar refractivity (Wildman–Crippen MR) is 53.1 cm³/mol. The summed E-state index contributed by atoms with van der Waals surface area (Å²) in [6.45, 7) is 2.19. The zero-order valence-corrected chi connectivity index (χ0v) is 9.03. The summed E-state index contributed by atoms with van der Waals surface area (Å²) in [5.74, 6) is -0.491. The number of hydrogen-bond donors (Lipinski definition) is 0. The smallest absolute Gasteiger partial charge is 0.267 e. The second kappa shape index (κ2) is 3.72. The molecule has 5 heteroatoms. The number of nitrogens with zero attached hydrogens (tertiary/aromatic N) is 1. The van der Waals surface area contributed by atoms with Gasteiger partial charge in [-0.2, -0.15) is 0 Å². The second-order valence-electron chi connectivity index (χ2n) is 4.53. The maximum Gasteiger partial charge on any atom is 0.267 e. The van der Waals surface area contributed by atoms with E-state index in [1.54, 1.807) is 0 Å². The van der Waals surface area contributed by atoms with Gasteiger partial charge in [0.1, 0.15) is 13.2 Å². The summed E-state index contributed by atoms with van der Waals surface area (Å²) < 4.78 is 11.3. The highest BCUT2D eigenvalue weighted by atomic mass is 16.7. The Labute approximate surface area is 88.9 Å². The lowest BCUT2D eigenvalue weighted by atomic mass is 9.97. The van der Waals surface area contributed by atoms with Crippen LogP contribution < -0.4 is 0 Å². The molecule has 2 rings (SSSR count). The second-order valence-corrected chi connectivity index (χ2v) is 4.53. The Kier molecular flexibility index (Phi) is 2.68. The maximum atomic E-state index is 11.0. The molecule has 15 heavy (non-hydrogen) atoms. The summed E-state index contributed by atoms with van der Waals surface area (Å²) in [5.41, 5.74) is -1.02. The number of nitro groups is 1. The minimum absolute atomic E-state index is 0.191. The molecule has 0 atom stereocenters. The van der Waals surface area contributed by atoms with Crippen molar-refractivity contribution in [1.29, 1.82) is 0 Å². The van der Waals surface area contributed by atoms with Gasteiger partial charge in [0.15, 0.2) is 5.79 Å². The van der Waals surface area contributed by atoms with Gasteiger partial charge in [0.25, 0.3) is 5.54 Å². The molecule has 0 N–H and O–H groups in total. The molecule has 1 saturated heterocycles. The molecule has 0 aromatic rings. The number of ether oxygens (including phenoxy) is 2. The molecule has 0 aromatic heterocycles. The van der Waals surface area contributed by atoms with Gasteiger partial charge in [-0.05, 0) is 12.8 Å². The highest BCUT2D eigenvalue weighted by Crippen LogP contribution is 2.39. The first-order valence-electron chi connectivity index (χ1n) is 5.55. The summed E-state index contributed by atoms with van der Waals surface area (Å²) in [7, 11) is 0. The van der Waals surface area contributed by atoms with E-state index in [1.807, 2.05) is 6.92 Å². The third-order valence-corrected chi connectivity index (χ3v) is 3.62. The Morgan fingerprint density at radius 2 is 1.80 bits per heavy atom. The van der Waals surface area contributed by atoms with Crippen LogP contribution in [0.1, 0.15) is 39.0 Å². The Balaban J connectivity index is 2.04. The van der Waals surface area contributed by atoms with Crippen LogP contribution in [0.4, 0.5) is 0 Å². The van der Waals surface area contributed by atoms with Gasteiger partial charge in [0.2, 0.25) is 0 Å². The standard InChI is InChI=1S/C10H17NO4/c1-2-9(11(12)13)7-14-10(15-8-9)5-3-4-6-10/h2-8H2,1H3. The summed E-state index contributed by atoms with van der Waals surface area (Å²) >= 11 is 0. The van der Waals surface area contributed by atoms with Crippen LogP contribution in [0, 0.1) is 10.1 Å². The molecule has 86 valence electrons. The van der Waals surface area contributed by atoms with E-state index < -0.39 is 11.3 Å². The van der Waals surface area contributed by atoms with Crippen LogP contribution in [-0.4, -0.2) is 29.5 Å². The van der Waals surface area contributed by atoms with Gasteiger partial charge in [-0.25, -0.2) is 0 Å². The Bertz CT molecular complexity index is 250. The van der Waals surface area contributed by atoms with Crippen LogP contribution in [0.3, 0.4) is 0 Å². The van der Waals surface area contributed by atoms with Crippen LogP contribution in [0.25, 0.3) is 0 Å².